The van der Waals surface area contributed by atoms with Gasteiger partial charge in [0.2, 0.25) is 5.95 Å². The molecule has 1 aliphatic rings. The highest BCUT2D eigenvalue weighted by Crippen LogP contribution is 2.38. The molecule has 0 spiro atoms. The lowest BCUT2D eigenvalue weighted by Crippen LogP contribution is -3.06. The maximum atomic E-state index is 4.79. The molecule has 0 bridgehead atoms. The van der Waals surface area contributed by atoms with Crippen LogP contribution < -0.4 is 10.2 Å². The number of nitrogens with one attached hydrogen (secondary N) is 2. The molecule has 0 saturated carbocycles. The molecule has 0 saturated heterocycles. The summed E-state index contributed by atoms with van der Waals surface area (Å²) >= 11 is 1.82. The standard InChI is InChI=1S/C14H18N6S/c1-19(2)7-6-15-14-18-13-11(12-16-8-17-20(12)14)9-4-3-5-10(9)21-13/h8H,3-7H2,1-2H3,(H,15,18)/p+1. The number of fused-ring (bicyclic) bond motifs is 5. The quantitative estimate of drug-likeness (QED) is 0.732. The number of hydrogen-bond donors (Lipinski definition) is 2. The number of quaternary nitrogens is 1. The monoisotopic (exact) mass is 303 g/mol. The summed E-state index contributed by atoms with van der Waals surface area (Å²) in [4.78, 5) is 13.3. The first-order valence-electron chi connectivity index (χ1n) is 7.41. The van der Waals surface area contributed by atoms with E-state index in [0.29, 0.717) is 0 Å². The van der Waals surface area contributed by atoms with Crippen molar-refractivity contribution in [3.63, 3.8) is 0 Å². The van der Waals surface area contributed by atoms with Gasteiger partial charge in [-0.1, -0.05) is 0 Å². The number of rotatable bonds is 4. The molecule has 0 radical (unpaired) electrons. The smallest absolute Gasteiger partial charge is 0.227 e. The van der Waals surface area contributed by atoms with Crippen LogP contribution in [0.1, 0.15) is 16.9 Å². The van der Waals surface area contributed by atoms with Crippen LogP contribution in [0, 0.1) is 0 Å². The lowest BCUT2D eigenvalue weighted by atomic mass is 10.2. The van der Waals surface area contributed by atoms with E-state index >= 15 is 0 Å². The fourth-order valence-electron chi connectivity index (χ4n) is 2.95. The second-order valence-electron chi connectivity index (χ2n) is 5.85. The third kappa shape index (κ3) is 2.08. The highest BCUT2D eigenvalue weighted by atomic mass is 32.1. The van der Waals surface area contributed by atoms with Gasteiger partial charge in [0.05, 0.1) is 32.6 Å². The molecule has 3 aromatic rings. The Hall–Kier alpha value is -1.73. The van der Waals surface area contributed by atoms with Crippen molar-refractivity contribution >= 4 is 33.1 Å². The molecule has 7 heteroatoms. The van der Waals surface area contributed by atoms with Gasteiger partial charge in [-0.2, -0.15) is 9.61 Å². The van der Waals surface area contributed by atoms with Crippen molar-refractivity contribution in [3.05, 3.63) is 16.8 Å². The molecule has 3 aromatic heterocycles. The van der Waals surface area contributed by atoms with Gasteiger partial charge in [0.15, 0.2) is 5.65 Å². The van der Waals surface area contributed by atoms with E-state index in [0.717, 1.165) is 35.9 Å². The molecule has 0 aliphatic heterocycles. The zero-order chi connectivity index (χ0) is 14.4. The fourth-order valence-corrected chi connectivity index (χ4v) is 4.20. The van der Waals surface area contributed by atoms with Crippen LogP contribution in [0.25, 0.3) is 15.9 Å². The minimum Gasteiger partial charge on any atom is -0.348 e. The first kappa shape index (κ1) is 13.0. The van der Waals surface area contributed by atoms with Gasteiger partial charge in [0.1, 0.15) is 11.2 Å². The molecule has 21 heavy (non-hydrogen) atoms. The van der Waals surface area contributed by atoms with Crippen LogP contribution in [-0.2, 0) is 12.8 Å². The van der Waals surface area contributed by atoms with E-state index in [1.54, 1.807) is 6.33 Å². The van der Waals surface area contributed by atoms with Gasteiger partial charge in [-0.05, 0) is 24.8 Å². The molecule has 0 fully saturated rings. The Balaban J connectivity index is 1.82. The third-order valence-corrected chi connectivity index (χ3v) is 5.18. The summed E-state index contributed by atoms with van der Waals surface area (Å²) in [6.07, 6.45) is 5.21. The van der Waals surface area contributed by atoms with Gasteiger partial charge < -0.3 is 10.2 Å². The van der Waals surface area contributed by atoms with E-state index in [4.69, 9.17) is 4.98 Å². The molecule has 1 aliphatic carbocycles. The summed E-state index contributed by atoms with van der Waals surface area (Å²) in [7, 11) is 4.29. The molecule has 3 heterocycles. The van der Waals surface area contributed by atoms with Gasteiger partial charge in [-0.15, -0.1) is 11.3 Å². The molecule has 110 valence electrons. The third-order valence-electron chi connectivity index (χ3n) is 3.99. The van der Waals surface area contributed by atoms with Crippen molar-refractivity contribution in [1.29, 1.82) is 0 Å². The van der Waals surface area contributed by atoms with Crippen LogP contribution in [0.15, 0.2) is 6.33 Å². The van der Waals surface area contributed by atoms with Crippen LogP contribution in [0.3, 0.4) is 0 Å². The summed E-state index contributed by atoms with van der Waals surface area (Å²) in [5.41, 5.74) is 2.39. The lowest BCUT2D eigenvalue weighted by Gasteiger charge is -2.10. The molecule has 6 nitrogen and oxygen atoms in total. The molecular formula is C14H19N6S+. The zero-order valence-electron chi connectivity index (χ0n) is 12.3. The number of hydrogen-bond acceptors (Lipinski definition) is 5. The normalized spacial score (nSPS) is 14.4. The topological polar surface area (TPSA) is 59.5 Å². The van der Waals surface area contributed by atoms with Gasteiger partial charge >= 0.3 is 0 Å². The predicted molar refractivity (Wildman–Crippen MR) is 84.4 cm³/mol. The Bertz CT molecular complexity index is 803. The second kappa shape index (κ2) is 4.92. The van der Waals surface area contributed by atoms with Crippen molar-refractivity contribution in [3.8, 4) is 0 Å². The zero-order valence-corrected chi connectivity index (χ0v) is 13.1. The SMILES string of the molecule is C[NH+](C)CCNc1nc2sc3c(c2c2ncnn12)CCC3. The molecule has 4 rings (SSSR count). The minimum atomic E-state index is 0.802. The number of thiophene rings is 1. The average molecular weight is 303 g/mol. The largest absolute Gasteiger partial charge is 0.348 e. The molecule has 0 aromatic carbocycles. The number of anilines is 1. The van der Waals surface area contributed by atoms with E-state index < -0.39 is 0 Å². The van der Waals surface area contributed by atoms with Gasteiger partial charge in [0.25, 0.3) is 0 Å². The number of likely N-dealkylation sites (N-methyl/N-ethyl adjacent to an activating group) is 1. The predicted octanol–water partition coefficient (Wildman–Crippen LogP) is 0.384. The van der Waals surface area contributed by atoms with Crippen molar-refractivity contribution < 1.29 is 4.90 Å². The Kier molecular flexibility index (Phi) is 3.04. The lowest BCUT2D eigenvalue weighted by molar-refractivity contribution is -0.856. The molecule has 0 atom stereocenters. The Morgan fingerprint density at radius 3 is 3.14 bits per heavy atom. The summed E-state index contributed by atoms with van der Waals surface area (Å²) in [6, 6.07) is 0. The Morgan fingerprint density at radius 1 is 1.38 bits per heavy atom. The molecule has 0 amide bonds. The van der Waals surface area contributed by atoms with Crippen molar-refractivity contribution in [1.82, 2.24) is 19.6 Å². The van der Waals surface area contributed by atoms with Crippen LogP contribution in [-0.4, -0.2) is 46.8 Å². The minimum absolute atomic E-state index is 0.802. The second-order valence-corrected chi connectivity index (χ2v) is 6.94. The van der Waals surface area contributed by atoms with Crippen LogP contribution in [0.2, 0.25) is 0 Å². The van der Waals surface area contributed by atoms with Gasteiger partial charge in [-0.3, -0.25) is 0 Å². The van der Waals surface area contributed by atoms with Crippen molar-refractivity contribution in [2.45, 2.75) is 19.3 Å². The average Bonchev–Trinajstić information content (AvgIpc) is 3.10. The fraction of sp³-hybridized carbons (Fsp3) is 0.500. The van der Waals surface area contributed by atoms with Crippen LogP contribution in [0.4, 0.5) is 5.95 Å². The molecular weight excluding hydrogens is 284 g/mol. The van der Waals surface area contributed by atoms with Crippen molar-refractivity contribution in [2.75, 3.05) is 32.5 Å². The highest BCUT2D eigenvalue weighted by molar-refractivity contribution is 7.19. The van der Waals surface area contributed by atoms with Gasteiger partial charge in [-0.25, -0.2) is 9.97 Å². The first-order valence-corrected chi connectivity index (χ1v) is 8.22. The first-order chi connectivity index (χ1) is 10.2. The summed E-state index contributed by atoms with van der Waals surface area (Å²) in [5, 5.41) is 8.96. The summed E-state index contributed by atoms with van der Waals surface area (Å²) < 4.78 is 1.85. The van der Waals surface area contributed by atoms with Crippen molar-refractivity contribution in [2.24, 2.45) is 0 Å². The Labute approximate surface area is 126 Å². The van der Waals surface area contributed by atoms with Crippen LogP contribution >= 0.6 is 11.3 Å². The van der Waals surface area contributed by atoms with Gasteiger partial charge in [0, 0.05) is 4.88 Å². The van der Waals surface area contributed by atoms with E-state index in [1.807, 2.05) is 15.9 Å². The summed E-state index contributed by atoms with van der Waals surface area (Å²) in [6.45, 7) is 1.91. The highest BCUT2D eigenvalue weighted by Gasteiger charge is 2.22. The van der Waals surface area contributed by atoms with E-state index in [1.165, 1.54) is 33.6 Å². The number of nitrogens with zero attached hydrogens (tertiary/aromatic N) is 4. The number of aromatic nitrogens is 4. The molecule has 0 unspecified atom stereocenters. The summed E-state index contributed by atoms with van der Waals surface area (Å²) in [5.74, 6) is 0.802. The van der Waals surface area contributed by atoms with E-state index in [9.17, 15) is 0 Å². The maximum Gasteiger partial charge on any atom is 0.227 e. The Morgan fingerprint density at radius 2 is 2.29 bits per heavy atom. The van der Waals surface area contributed by atoms with E-state index in [-0.39, 0.29) is 0 Å². The number of aryl methyl sites for hydroxylation is 2. The van der Waals surface area contributed by atoms with E-state index in [2.05, 4.69) is 29.5 Å². The van der Waals surface area contributed by atoms with Crippen LogP contribution in [0.5, 0.6) is 0 Å². The molecule has 2 N–H and O–H groups in total. The maximum absolute atomic E-state index is 4.79.